The Morgan fingerprint density at radius 2 is 2.00 bits per heavy atom. The van der Waals surface area contributed by atoms with Crippen LogP contribution in [0.5, 0.6) is 0 Å². The van der Waals surface area contributed by atoms with E-state index in [-0.39, 0.29) is 12.1 Å². The van der Waals surface area contributed by atoms with Crippen molar-refractivity contribution in [1.82, 2.24) is 10.6 Å². The average molecular weight is 274 g/mol. The first-order chi connectivity index (χ1) is 8.58. The van der Waals surface area contributed by atoms with E-state index in [1.165, 1.54) is 32.1 Å². The second-order valence-corrected chi connectivity index (χ2v) is 6.81. The maximum Gasteiger partial charge on any atom is 0.315 e. The molecule has 0 bridgehead atoms. The zero-order valence-electron chi connectivity index (χ0n) is 11.5. The standard InChI is InChI=1S/C13H26N2O2S/c1-11(10-18(2)17)15-13(16)14-9-8-12-6-4-3-5-7-12/h11-12H,3-10H2,1-2H3,(H2,14,15,16)/t11-,18-/m1/s1. The number of nitrogens with one attached hydrogen (secondary N) is 2. The second kappa shape index (κ2) is 8.51. The molecule has 5 heteroatoms. The van der Waals surface area contributed by atoms with Gasteiger partial charge in [-0.25, -0.2) is 4.79 Å². The van der Waals surface area contributed by atoms with Gasteiger partial charge in [0.15, 0.2) is 0 Å². The van der Waals surface area contributed by atoms with Crippen LogP contribution in [0.3, 0.4) is 0 Å². The fourth-order valence-electron chi connectivity index (χ4n) is 2.53. The van der Waals surface area contributed by atoms with Crippen molar-refractivity contribution in [3.8, 4) is 0 Å². The van der Waals surface area contributed by atoms with Crippen LogP contribution in [0, 0.1) is 5.92 Å². The third kappa shape index (κ3) is 6.99. The van der Waals surface area contributed by atoms with Crippen molar-refractivity contribution in [1.29, 1.82) is 0 Å². The first kappa shape index (κ1) is 15.5. The summed E-state index contributed by atoms with van der Waals surface area (Å²) in [5.74, 6) is 1.30. The Morgan fingerprint density at radius 3 is 2.61 bits per heavy atom. The first-order valence-corrected chi connectivity index (χ1v) is 8.65. The van der Waals surface area contributed by atoms with E-state index in [0.29, 0.717) is 5.75 Å². The van der Waals surface area contributed by atoms with Gasteiger partial charge in [-0.2, -0.15) is 0 Å². The molecule has 0 heterocycles. The average Bonchev–Trinajstić information content (AvgIpc) is 2.29. The zero-order chi connectivity index (χ0) is 13.4. The summed E-state index contributed by atoms with van der Waals surface area (Å²) < 4.78 is 11.0. The van der Waals surface area contributed by atoms with Gasteiger partial charge in [0.1, 0.15) is 0 Å². The first-order valence-electron chi connectivity index (χ1n) is 6.92. The lowest BCUT2D eigenvalue weighted by molar-refractivity contribution is 0.236. The van der Waals surface area contributed by atoms with Gasteiger partial charge in [-0.3, -0.25) is 4.21 Å². The molecule has 4 nitrogen and oxygen atoms in total. The lowest BCUT2D eigenvalue weighted by Crippen LogP contribution is -2.43. The Balaban J connectivity index is 2.07. The van der Waals surface area contributed by atoms with Gasteiger partial charge in [-0.15, -0.1) is 0 Å². The van der Waals surface area contributed by atoms with Crippen LogP contribution < -0.4 is 10.6 Å². The minimum atomic E-state index is -0.864. The molecule has 0 spiro atoms. The van der Waals surface area contributed by atoms with E-state index in [2.05, 4.69) is 10.6 Å². The molecule has 106 valence electrons. The highest BCUT2D eigenvalue weighted by atomic mass is 32.2. The molecule has 2 amide bonds. The van der Waals surface area contributed by atoms with Crippen molar-refractivity contribution in [2.45, 2.75) is 51.5 Å². The zero-order valence-corrected chi connectivity index (χ0v) is 12.4. The molecule has 0 unspecified atom stereocenters. The highest BCUT2D eigenvalue weighted by Crippen LogP contribution is 2.25. The van der Waals surface area contributed by atoms with E-state index in [1.54, 1.807) is 6.26 Å². The Labute approximate surface area is 113 Å². The number of hydrogen-bond donors (Lipinski definition) is 2. The third-order valence-electron chi connectivity index (χ3n) is 3.43. The molecule has 18 heavy (non-hydrogen) atoms. The fourth-order valence-corrected chi connectivity index (χ4v) is 3.32. The van der Waals surface area contributed by atoms with Crippen LogP contribution in [0.25, 0.3) is 0 Å². The summed E-state index contributed by atoms with van der Waals surface area (Å²) in [5.41, 5.74) is 0. The van der Waals surface area contributed by atoms with Crippen LogP contribution in [-0.4, -0.2) is 34.8 Å². The Hall–Kier alpha value is -0.580. The van der Waals surface area contributed by atoms with Gasteiger partial charge in [0, 0.05) is 35.4 Å². The van der Waals surface area contributed by atoms with Crippen molar-refractivity contribution >= 4 is 16.8 Å². The van der Waals surface area contributed by atoms with E-state index in [4.69, 9.17) is 0 Å². The van der Waals surface area contributed by atoms with Crippen molar-refractivity contribution in [3.05, 3.63) is 0 Å². The molecule has 0 aromatic heterocycles. The number of urea groups is 1. The van der Waals surface area contributed by atoms with E-state index in [1.807, 2.05) is 6.92 Å². The number of hydrogen-bond acceptors (Lipinski definition) is 2. The monoisotopic (exact) mass is 274 g/mol. The van der Waals surface area contributed by atoms with Gasteiger partial charge in [-0.1, -0.05) is 32.1 Å². The second-order valence-electron chi connectivity index (χ2n) is 5.33. The van der Waals surface area contributed by atoms with Crippen LogP contribution in [0.2, 0.25) is 0 Å². The van der Waals surface area contributed by atoms with Crippen LogP contribution >= 0.6 is 0 Å². The minimum absolute atomic E-state index is 0.0366. The SMILES string of the molecule is C[C@H](C[S@@](C)=O)NC(=O)NCCC1CCCCC1. The summed E-state index contributed by atoms with van der Waals surface area (Å²) >= 11 is 0. The highest BCUT2D eigenvalue weighted by Gasteiger charge is 2.13. The maximum atomic E-state index is 11.6. The molecule has 0 aliphatic heterocycles. The Kier molecular flexibility index (Phi) is 7.32. The van der Waals surface area contributed by atoms with E-state index in [0.717, 1.165) is 18.9 Å². The maximum absolute atomic E-state index is 11.6. The molecule has 1 saturated carbocycles. The van der Waals surface area contributed by atoms with Crippen molar-refractivity contribution in [2.75, 3.05) is 18.6 Å². The third-order valence-corrected chi connectivity index (χ3v) is 4.39. The van der Waals surface area contributed by atoms with Crippen molar-refractivity contribution < 1.29 is 9.00 Å². The predicted octanol–water partition coefficient (Wildman–Crippen LogP) is 2.02. The normalized spacial score (nSPS) is 20.1. The van der Waals surface area contributed by atoms with Gasteiger partial charge >= 0.3 is 6.03 Å². The molecular weight excluding hydrogens is 248 g/mol. The Bertz CT molecular complexity index is 278. The van der Waals surface area contributed by atoms with Gasteiger partial charge in [0.2, 0.25) is 0 Å². The molecule has 2 atom stereocenters. The molecule has 1 rings (SSSR count). The van der Waals surface area contributed by atoms with Crippen molar-refractivity contribution in [2.24, 2.45) is 5.92 Å². The lowest BCUT2D eigenvalue weighted by atomic mass is 9.87. The van der Waals surface area contributed by atoms with Gasteiger partial charge in [-0.05, 0) is 19.3 Å². The summed E-state index contributed by atoms with van der Waals surface area (Å²) in [6.07, 6.45) is 9.42. The summed E-state index contributed by atoms with van der Waals surface area (Å²) in [7, 11) is -0.864. The molecule has 2 N–H and O–H groups in total. The van der Waals surface area contributed by atoms with E-state index in [9.17, 15) is 9.00 Å². The smallest absolute Gasteiger partial charge is 0.315 e. The molecule has 1 aliphatic carbocycles. The van der Waals surface area contributed by atoms with Gasteiger partial charge < -0.3 is 10.6 Å². The van der Waals surface area contributed by atoms with Crippen LogP contribution in [-0.2, 0) is 10.8 Å². The summed E-state index contributed by atoms with van der Waals surface area (Å²) in [6.45, 7) is 2.63. The number of carbonyl (C=O) groups excluding carboxylic acids is 1. The largest absolute Gasteiger partial charge is 0.338 e. The quantitative estimate of drug-likeness (QED) is 0.778. The van der Waals surface area contributed by atoms with Gasteiger partial charge in [0.05, 0.1) is 0 Å². The number of amides is 2. The van der Waals surface area contributed by atoms with Crippen LogP contribution in [0.4, 0.5) is 4.79 Å². The van der Waals surface area contributed by atoms with Gasteiger partial charge in [0.25, 0.3) is 0 Å². The lowest BCUT2D eigenvalue weighted by Gasteiger charge is -2.21. The number of carbonyl (C=O) groups is 1. The van der Waals surface area contributed by atoms with Crippen LogP contribution in [0.15, 0.2) is 0 Å². The highest BCUT2D eigenvalue weighted by molar-refractivity contribution is 7.84. The van der Waals surface area contributed by atoms with E-state index >= 15 is 0 Å². The van der Waals surface area contributed by atoms with Crippen molar-refractivity contribution in [3.63, 3.8) is 0 Å². The fraction of sp³-hybridized carbons (Fsp3) is 0.923. The number of rotatable bonds is 6. The molecule has 1 aliphatic rings. The Morgan fingerprint density at radius 1 is 1.33 bits per heavy atom. The topological polar surface area (TPSA) is 58.2 Å². The summed E-state index contributed by atoms with van der Waals surface area (Å²) in [6, 6.07) is -0.172. The van der Waals surface area contributed by atoms with Crippen LogP contribution in [0.1, 0.15) is 45.4 Å². The molecule has 0 radical (unpaired) electrons. The molecule has 0 aromatic carbocycles. The molecule has 0 saturated heterocycles. The molecular formula is C13H26N2O2S. The van der Waals surface area contributed by atoms with E-state index < -0.39 is 10.8 Å². The molecule has 1 fully saturated rings. The minimum Gasteiger partial charge on any atom is -0.338 e. The summed E-state index contributed by atoms with van der Waals surface area (Å²) in [4.78, 5) is 11.6. The molecule has 0 aromatic rings. The predicted molar refractivity (Wildman–Crippen MR) is 76.1 cm³/mol. The summed E-state index contributed by atoms with van der Waals surface area (Å²) in [5, 5.41) is 5.69.